The molecule has 2 heterocycles. The molecule has 154 valence electrons. The summed E-state index contributed by atoms with van der Waals surface area (Å²) in [5.41, 5.74) is 2.28. The number of piperazine rings is 1. The SMILES string of the molecule is O=C(C1CCN(Cc2ccc(Cl)cc2)CC1)N1CCN(c2ccc(F)cc2)CC1. The van der Waals surface area contributed by atoms with Gasteiger partial charge in [-0.3, -0.25) is 9.69 Å². The van der Waals surface area contributed by atoms with E-state index < -0.39 is 0 Å². The van der Waals surface area contributed by atoms with Crippen LogP contribution in [-0.4, -0.2) is 55.0 Å². The Morgan fingerprint density at radius 1 is 0.897 bits per heavy atom. The lowest BCUT2D eigenvalue weighted by Crippen LogP contribution is -2.51. The zero-order chi connectivity index (χ0) is 20.2. The Morgan fingerprint density at radius 3 is 2.14 bits per heavy atom. The van der Waals surface area contributed by atoms with E-state index in [1.165, 1.54) is 17.7 Å². The van der Waals surface area contributed by atoms with Crippen LogP contribution in [0.1, 0.15) is 18.4 Å². The van der Waals surface area contributed by atoms with Crippen molar-refractivity contribution in [2.24, 2.45) is 5.92 Å². The number of likely N-dealkylation sites (tertiary alicyclic amines) is 1. The third kappa shape index (κ3) is 5.09. The molecule has 2 fully saturated rings. The van der Waals surface area contributed by atoms with Gasteiger partial charge >= 0.3 is 0 Å². The standard InChI is InChI=1S/C23H27ClFN3O/c24-20-3-1-18(2-4-20)17-26-11-9-19(10-12-26)23(29)28-15-13-27(14-16-28)22-7-5-21(25)6-8-22/h1-8,19H,9-17H2. The summed E-state index contributed by atoms with van der Waals surface area (Å²) in [7, 11) is 0. The van der Waals surface area contributed by atoms with Crippen molar-refractivity contribution >= 4 is 23.2 Å². The number of anilines is 1. The summed E-state index contributed by atoms with van der Waals surface area (Å²) in [5, 5.41) is 0.762. The topological polar surface area (TPSA) is 26.8 Å². The van der Waals surface area contributed by atoms with Crippen molar-refractivity contribution in [2.45, 2.75) is 19.4 Å². The third-order valence-corrected chi connectivity index (χ3v) is 6.29. The van der Waals surface area contributed by atoms with E-state index in [9.17, 15) is 9.18 Å². The van der Waals surface area contributed by atoms with Crippen molar-refractivity contribution in [3.05, 3.63) is 64.9 Å². The molecule has 0 aromatic heterocycles. The molecule has 0 aliphatic carbocycles. The molecule has 2 aliphatic rings. The summed E-state index contributed by atoms with van der Waals surface area (Å²) in [6, 6.07) is 14.6. The highest BCUT2D eigenvalue weighted by Gasteiger charge is 2.30. The highest BCUT2D eigenvalue weighted by atomic mass is 35.5. The van der Waals surface area contributed by atoms with Crippen molar-refractivity contribution < 1.29 is 9.18 Å². The molecule has 2 aromatic carbocycles. The molecule has 0 atom stereocenters. The number of benzene rings is 2. The molecule has 4 rings (SSSR count). The van der Waals surface area contributed by atoms with Crippen LogP contribution < -0.4 is 4.90 Å². The number of carbonyl (C=O) groups excluding carboxylic acids is 1. The van der Waals surface area contributed by atoms with Gasteiger partial charge in [-0.25, -0.2) is 4.39 Å². The largest absolute Gasteiger partial charge is 0.368 e. The zero-order valence-corrected chi connectivity index (χ0v) is 17.3. The number of rotatable bonds is 4. The minimum atomic E-state index is -0.218. The molecular formula is C23H27ClFN3O. The first-order valence-corrected chi connectivity index (χ1v) is 10.7. The van der Waals surface area contributed by atoms with Crippen molar-refractivity contribution in [2.75, 3.05) is 44.2 Å². The van der Waals surface area contributed by atoms with Crippen molar-refractivity contribution in [1.82, 2.24) is 9.80 Å². The normalized spacial score (nSPS) is 18.8. The number of halogens is 2. The van der Waals surface area contributed by atoms with Crippen LogP contribution in [0.25, 0.3) is 0 Å². The lowest BCUT2D eigenvalue weighted by Gasteiger charge is -2.39. The Balaban J connectivity index is 1.23. The van der Waals surface area contributed by atoms with Gasteiger partial charge in [-0.1, -0.05) is 23.7 Å². The summed E-state index contributed by atoms with van der Waals surface area (Å²) in [6.45, 7) is 5.89. The molecule has 2 saturated heterocycles. The highest BCUT2D eigenvalue weighted by molar-refractivity contribution is 6.30. The Bertz CT molecular complexity index is 811. The second kappa shape index (κ2) is 9.14. The molecule has 2 aromatic rings. The van der Waals surface area contributed by atoms with Crippen LogP contribution in [0.4, 0.5) is 10.1 Å². The quantitative estimate of drug-likeness (QED) is 0.754. The maximum atomic E-state index is 13.1. The number of piperidine rings is 1. The average molecular weight is 416 g/mol. The van der Waals surface area contributed by atoms with Gasteiger partial charge < -0.3 is 9.80 Å². The van der Waals surface area contributed by atoms with E-state index in [-0.39, 0.29) is 11.7 Å². The predicted molar refractivity (Wildman–Crippen MR) is 115 cm³/mol. The molecular weight excluding hydrogens is 389 g/mol. The number of amides is 1. The number of nitrogens with zero attached hydrogens (tertiary/aromatic N) is 3. The van der Waals surface area contributed by atoms with E-state index in [1.807, 2.05) is 29.2 Å². The first-order chi connectivity index (χ1) is 14.1. The van der Waals surface area contributed by atoms with Gasteiger partial charge in [0.25, 0.3) is 0 Å². The molecule has 29 heavy (non-hydrogen) atoms. The maximum Gasteiger partial charge on any atom is 0.225 e. The fourth-order valence-electron chi connectivity index (χ4n) is 4.28. The van der Waals surface area contributed by atoms with E-state index in [0.717, 1.165) is 69.4 Å². The van der Waals surface area contributed by atoms with Crippen LogP contribution >= 0.6 is 11.6 Å². The lowest BCUT2D eigenvalue weighted by molar-refractivity contribution is -0.137. The first-order valence-electron chi connectivity index (χ1n) is 10.3. The summed E-state index contributed by atoms with van der Waals surface area (Å²) >= 11 is 5.96. The van der Waals surface area contributed by atoms with Crippen LogP contribution in [0.2, 0.25) is 5.02 Å². The second-order valence-corrected chi connectivity index (χ2v) is 8.40. The Morgan fingerprint density at radius 2 is 1.52 bits per heavy atom. The molecule has 4 nitrogen and oxygen atoms in total. The van der Waals surface area contributed by atoms with Crippen molar-refractivity contribution in [1.29, 1.82) is 0 Å². The molecule has 0 N–H and O–H groups in total. The Kier molecular flexibility index (Phi) is 6.36. The monoisotopic (exact) mass is 415 g/mol. The minimum absolute atomic E-state index is 0.133. The second-order valence-electron chi connectivity index (χ2n) is 7.97. The lowest BCUT2D eigenvalue weighted by atomic mass is 9.94. The molecule has 0 saturated carbocycles. The molecule has 0 spiro atoms. The fourth-order valence-corrected chi connectivity index (χ4v) is 4.41. The molecule has 0 bridgehead atoms. The van der Waals surface area contributed by atoms with Crippen LogP contribution in [0.15, 0.2) is 48.5 Å². The number of hydrogen-bond acceptors (Lipinski definition) is 3. The first kappa shape index (κ1) is 20.2. The van der Waals surface area contributed by atoms with Gasteiger partial charge in [0.05, 0.1) is 0 Å². The van der Waals surface area contributed by atoms with Crippen molar-refractivity contribution in [3.8, 4) is 0 Å². The van der Waals surface area contributed by atoms with Gasteiger partial charge in [-0.05, 0) is 67.9 Å². The predicted octanol–water partition coefficient (Wildman–Crippen LogP) is 4.04. The van der Waals surface area contributed by atoms with Gasteiger partial charge in [-0.2, -0.15) is 0 Å². The van der Waals surface area contributed by atoms with Gasteiger partial charge in [0.15, 0.2) is 0 Å². The van der Waals surface area contributed by atoms with E-state index >= 15 is 0 Å². The molecule has 1 amide bonds. The zero-order valence-electron chi connectivity index (χ0n) is 16.6. The summed E-state index contributed by atoms with van der Waals surface area (Å²) in [6.07, 6.45) is 1.84. The Hall–Kier alpha value is -2.11. The third-order valence-electron chi connectivity index (χ3n) is 6.04. The summed E-state index contributed by atoms with van der Waals surface area (Å²) in [4.78, 5) is 19.6. The van der Waals surface area contributed by atoms with Crippen molar-refractivity contribution in [3.63, 3.8) is 0 Å². The molecule has 0 radical (unpaired) electrons. The maximum absolute atomic E-state index is 13.1. The Labute approximate surface area is 176 Å². The van der Waals surface area contributed by atoms with E-state index in [1.54, 1.807) is 0 Å². The van der Waals surface area contributed by atoms with E-state index in [2.05, 4.69) is 21.9 Å². The van der Waals surface area contributed by atoms with Gasteiger partial charge in [0.1, 0.15) is 5.82 Å². The molecule has 2 aliphatic heterocycles. The van der Waals surface area contributed by atoms with Gasteiger partial charge in [0, 0.05) is 49.4 Å². The highest BCUT2D eigenvalue weighted by Crippen LogP contribution is 2.23. The molecule has 6 heteroatoms. The average Bonchev–Trinajstić information content (AvgIpc) is 2.76. The van der Waals surface area contributed by atoms with Crippen LogP contribution in [0.3, 0.4) is 0 Å². The smallest absolute Gasteiger partial charge is 0.225 e. The van der Waals surface area contributed by atoms with Gasteiger partial charge in [0.2, 0.25) is 5.91 Å². The summed E-state index contributed by atoms with van der Waals surface area (Å²) < 4.78 is 13.1. The van der Waals surface area contributed by atoms with Crippen LogP contribution in [-0.2, 0) is 11.3 Å². The summed E-state index contributed by atoms with van der Waals surface area (Å²) in [5.74, 6) is 0.216. The fraction of sp³-hybridized carbons (Fsp3) is 0.435. The minimum Gasteiger partial charge on any atom is -0.368 e. The van der Waals surface area contributed by atoms with Gasteiger partial charge in [-0.15, -0.1) is 0 Å². The van der Waals surface area contributed by atoms with E-state index in [4.69, 9.17) is 11.6 Å². The van der Waals surface area contributed by atoms with Crippen LogP contribution in [0, 0.1) is 11.7 Å². The number of hydrogen-bond donors (Lipinski definition) is 0. The number of carbonyl (C=O) groups is 1. The molecule has 0 unspecified atom stereocenters. The van der Waals surface area contributed by atoms with Crippen LogP contribution in [0.5, 0.6) is 0 Å². The van der Waals surface area contributed by atoms with E-state index in [0.29, 0.717) is 5.91 Å².